The van der Waals surface area contributed by atoms with Crippen molar-refractivity contribution in [2.75, 3.05) is 12.3 Å². The van der Waals surface area contributed by atoms with E-state index < -0.39 is 22.1 Å². The Balaban J connectivity index is 1.79. The molecule has 168 valence electrons. The van der Waals surface area contributed by atoms with Gasteiger partial charge in [-0.05, 0) is 37.0 Å². The van der Waals surface area contributed by atoms with E-state index in [9.17, 15) is 20.0 Å². The van der Waals surface area contributed by atoms with Crippen molar-refractivity contribution in [2.24, 2.45) is 0 Å². The van der Waals surface area contributed by atoms with Crippen LogP contribution < -0.4 is 5.73 Å². The fraction of sp³-hybridized carbons (Fsp3) is 0.227. The summed E-state index contributed by atoms with van der Waals surface area (Å²) in [5.74, 6) is -1.47. The highest BCUT2D eigenvalue weighted by Gasteiger charge is 2.32. The van der Waals surface area contributed by atoms with E-state index in [1.54, 1.807) is 40.7 Å². The normalized spacial score (nSPS) is 16.2. The van der Waals surface area contributed by atoms with Gasteiger partial charge >= 0.3 is 5.97 Å². The molecule has 1 unspecified atom stereocenters. The Bertz CT molecular complexity index is 1380. The van der Waals surface area contributed by atoms with Gasteiger partial charge in [0.05, 0.1) is 27.9 Å². The molecule has 11 heteroatoms. The second-order valence-electron chi connectivity index (χ2n) is 7.66. The minimum absolute atomic E-state index is 0.145. The van der Waals surface area contributed by atoms with Crippen LogP contribution in [0.1, 0.15) is 35.8 Å². The average Bonchev–Trinajstić information content (AvgIpc) is 3.49. The second-order valence-corrected chi connectivity index (χ2v) is 8.55. The molecular weight excluding hydrogens is 446 g/mol. The molecule has 2 aromatic heterocycles. The largest absolute Gasteiger partial charge is 0.477 e. The lowest BCUT2D eigenvalue weighted by molar-refractivity contribution is -0.384. The molecule has 2 aromatic carbocycles. The zero-order valence-corrected chi connectivity index (χ0v) is 18.1. The molecule has 1 saturated heterocycles. The summed E-state index contributed by atoms with van der Waals surface area (Å²) in [6.45, 7) is 0.647. The molecule has 0 radical (unpaired) electrons. The molecule has 0 aliphatic carbocycles. The third-order valence-electron chi connectivity index (χ3n) is 5.76. The first-order chi connectivity index (χ1) is 16.0. The maximum Gasteiger partial charge on any atom is 0.344 e. The third kappa shape index (κ3) is 3.51. The molecule has 1 atom stereocenters. The van der Waals surface area contributed by atoms with Crippen molar-refractivity contribution >= 4 is 39.6 Å². The summed E-state index contributed by atoms with van der Waals surface area (Å²) in [7, 11) is 0. The van der Waals surface area contributed by atoms with E-state index in [-0.39, 0.29) is 17.5 Å². The van der Waals surface area contributed by atoms with E-state index in [0.29, 0.717) is 28.1 Å². The van der Waals surface area contributed by atoms with Gasteiger partial charge < -0.3 is 15.6 Å². The zero-order chi connectivity index (χ0) is 23.1. The number of nitro benzene ring substituents is 1. The van der Waals surface area contributed by atoms with Crippen LogP contribution in [0, 0.1) is 10.1 Å². The fourth-order valence-corrected chi connectivity index (χ4v) is 4.95. The molecule has 0 amide bonds. The first-order valence-corrected chi connectivity index (χ1v) is 11.2. The third-order valence-corrected chi connectivity index (χ3v) is 6.57. The standard InChI is InChI=1S/C22H19N5O5S/c23-19-14(21-24-7-9-33-21)10-13(20(27(30)31)18(19)22(28)29)12-4-3-5-16-15(12)11-25-26(16)17-6-1-2-8-32-17/h3-5,7,9-11,17H,1-2,6,8,23H2,(H,28,29). The Labute approximate surface area is 191 Å². The number of rotatable bonds is 5. The number of carboxylic acid groups (broad SMARTS) is 1. The summed E-state index contributed by atoms with van der Waals surface area (Å²) in [4.78, 5) is 27.7. The summed E-state index contributed by atoms with van der Waals surface area (Å²) < 4.78 is 7.64. The molecule has 0 bridgehead atoms. The maximum atomic E-state index is 12.1. The van der Waals surface area contributed by atoms with Crippen molar-refractivity contribution in [2.45, 2.75) is 25.5 Å². The lowest BCUT2D eigenvalue weighted by Gasteiger charge is -2.23. The predicted octanol–water partition coefficient (Wildman–Crippen LogP) is 4.71. The van der Waals surface area contributed by atoms with Crippen LogP contribution in [0.25, 0.3) is 32.6 Å². The molecule has 1 aliphatic heterocycles. The first kappa shape index (κ1) is 21.0. The lowest BCUT2D eigenvalue weighted by Crippen LogP contribution is -2.18. The number of thiazole rings is 1. The summed E-state index contributed by atoms with van der Waals surface area (Å²) >= 11 is 1.27. The number of benzene rings is 2. The number of anilines is 1. The highest BCUT2D eigenvalue weighted by atomic mass is 32.1. The topological polar surface area (TPSA) is 146 Å². The highest BCUT2D eigenvalue weighted by molar-refractivity contribution is 7.13. The lowest BCUT2D eigenvalue weighted by atomic mass is 9.93. The van der Waals surface area contributed by atoms with Crippen molar-refractivity contribution in [1.82, 2.24) is 14.8 Å². The SMILES string of the molecule is Nc1c(-c2nccs2)cc(-c2cccc3c2cnn3C2CCCCO2)c([N+](=O)[O-])c1C(=O)O. The first-order valence-electron chi connectivity index (χ1n) is 10.3. The number of aromatic nitrogens is 3. The molecular formula is C22H19N5O5S. The molecule has 10 nitrogen and oxygen atoms in total. The van der Waals surface area contributed by atoms with Crippen molar-refractivity contribution in [1.29, 1.82) is 0 Å². The van der Waals surface area contributed by atoms with Crippen LogP contribution in [0.15, 0.2) is 42.0 Å². The van der Waals surface area contributed by atoms with Crippen molar-refractivity contribution in [3.63, 3.8) is 0 Å². The van der Waals surface area contributed by atoms with Crippen LogP contribution in [0.4, 0.5) is 11.4 Å². The van der Waals surface area contributed by atoms with Crippen molar-refractivity contribution in [3.05, 3.63) is 57.7 Å². The summed E-state index contributed by atoms with van der Waals surface area (Å²) in [5, 5.41) is 29.3. The number of nitro groups is 1. The predicted molar refractivity (Wildman–Crippen MR) is 123 cm³/mol. The number of hydrogen-bond acceptors (Lipinski definition) is 8. The number of nitrogens with two attached hydrogens (primary N) is 1. The molecule has 0 spiro atoms. The monoisotopic (exact) mass is 465 g/mol. The molecule has 5 rings (SSSR count). The molecule has 33 heavy (non-hydrogen) atoms. The van der Waals surface area contributed by atoms with Crippen LogP contribution in [-0.4, -0.2) is 37.4 Å². The number of carboxylic acids is 1. The molecule has 1 aliphatic rings. The van der Waals surface area contributed by atoms with Crippen LogP contribution in [0.2, 0.25) is 0 Å². The number of hydrogen-bond donors (Lipinski definition) is 2. The Morgan fingerprint density at radius 1 is 1.30 bits per heavy atom. The van der Waals surface area contributed by atoms with Gasteiger partial charge in [-0.2, -0.15) is 5.10 Å². The minimum atomic E-state index is -1.47. The average molecular weight is 465 g/mol. The van der Waals surface area contributed by atoms with Crippen LogP contribution in [0.5, 0.6) is 0 Å². The van der Waals surface area contributed by atoms with Gasteiger partial charge in [0.25, 0.3) is 5.69 Å². The fourth-order valence-electron chi connectivity index (χ4n) is 4.28. The summed E-state index contributed by atoms with van der Waals surface area (Å²) in [5.41, 5.74) is 6.54. The highest BCUT2D eigenvalue weighted by Crippen LogP contribution is 2.44. The minimum Gasteiger partial charge on any atom is -0.477 e. The zero-order valence-electron chi connectivity index (χ0n) is 17.3. The number of nitrogen functional groups attached to an aromatic ring is 1. The van der Waals surface area contributed by atoms with Crippen molar-refractivity contribution in [3.8, 4) is 21.7 Å². The van der Waals surface area contributed by atoms with Gasteiger partial charge in [-0.15, -0.1) is 11.3 Å². The van der Waals surface area contributed by atoms with Gasteiger partial charge in [0.15, 0.2) is 11.8 Å². The Kier molecular flexibility index (Phi) is 5.27. The maximum absolute atomic E-state index is 12.1. The van der Waals surface area contributed by atoms with Crippen LogP contribution in [0.3, 0.4) is 0 Å². The van der Waals surface area contributed by atoms with E-state index in [4.69, 9.17) is 10.5 Å². The molecule has 3 N–H and O–H groups in total. The van der Waals surface area contributed by atoms with E-state index in [1.165, 1.54) is 11.3 Å². The number of nitrogens with zero attached hydrogens (tertiary/aromatic N) is 4. The Morgan fingerprint density at radius 2 is 2.15 bits per heavy atom. The number of ether oxygens (including phenoxy) is 1. The quantitative estimate of drug-likeness (QED) is 0.245. The number of carbonyl (C=O) groups is 1. The van der Waals surface area contributed by atoms with Gasteiger partial charge in [0.1, 0.15) is 5.01 Å². The van der Waals surface area contributed by atoms with Crippen molar-refractivity contribution < 1.29 is 19.6 Å². The van der Waals surface area contributed by atoms with Gasteiger partial charge in [-0.25, -0.2) is 14.5 Å². The smallest absolute Gasteiger partial charge is 0.344 e. The van der Waals surface area contributed by atoms with Gasteiger partial charge in [-0.1, -0.05) is 12.1 Å². The van der Waals surface area contributed by atoms with Gasteiger partial charge in [0.2, 0.25) is 0 Å². The number of fused-ring (bicyclic) bond motifs is 1. The van der Waals surface area contributed by atoms with Gasteiger partial charge in [-0.3, -0.25) is 10.1 Å². The van der Waals surface area contributed by atoms with E-state index in [2.05, 4.69) is 10.1 Å². The van der Waals surface area contributed by atoms with Crippen LogP contribution in [-0.2, 0) is 4.74 Å². The second kappa shape index (κ2) is 8.26. The Hall–Kier alpha value is -3.83. The van der Waals surface area contributed by atoms with Gasteiger partial charge in [0, 0.05) is 29.1 Å². The summed E-state index contributed by atoms with van der Waals surface area (Å²) in [6.07, 6.45) is 5.82. The van der Waals surface area contributed by atoms with E-state index in [1.807, 2.05) is 6.07 Å². The Morgan fingerprint density at radius 3 is 2.82 bits per heavy atom. The van der Waals surface area contributed by atoms with E-state index >= 15 is 0 Å². The molecule has 1 fully saturated rings. The number of aromatic carboxylic acids is 1. The summed E-state index contributed by atoms with van der Waals surface area (Å²) in [6, 6.07) is 6.89. The van der Waals surface area contributed by atoms with Crippen LogP contribution >= 0.6 is 11.3 Å². The molecule has 3 heterocycles. The molecule has 4 aromatic rings. The molecule has 0 saturated carbocycles. The van der Waals surface area contributed by atoms with E-state index in [0.717, 1.165) is 24.8 Å².